The summed E-state index contributed by atoms with van der Waals surface area (Å²) in [6, 6.07) is 16.5. The molecule has 2 N–H and O–H groups in total. The molecule has 5 nitrogen and oxygen atoms in total. The van der Waals surface area contributed by atoms with Crippen molar-refractivity contribution >= 4 is 11.8 Å². The molecule has 0 aliphatic rings. The third-order valence-electron chi connectivity index (χ3n) is 3.98. The van der Waals surface area contributed by atoms with Gasteiger partial charge < -0.3 is 10.6 Å². The highest BCUT2D eigenvalue weighted by Gasteiger charge is 2.03. The molecule has 0 bridgehead atoms. The molecule has 3 aromatic rings. The van der Waals surface area contributed by atoms with Gasteiger partial charge in [-0.1, -0.05) is 48.5 Å². The number of anilines is 2. The van der Waals surface area contributed by atoms with Crippen LogP contribution >= 0.6 is 0 Å². The largest absolute Gasteiger partial charge is 0.365 e. The van der Waals surface area contributed by atoms with Gasteiger partial charge in [-0.15, -0.1) is 5.10 Å². The highest BCUT2D eigenvalue weighted by molar-refractivity contribution is 5.40. The van der Waals surface area contributed by atoms with Crippen molar-refractivity contribution < 1.29 is 0 Å². The lowest BCUT2D eigenvalue weighted by molar-refractivity contribution is 0.934. The molecule has 0 radical (unpaired) electrons. The molecule has 0 saturated heterocycles. The van der Waals surface area contributed by atoms with Crippen LogP contribution in [0, 0.1) is 13.8 Å². The minimum atomic E-state index is 0.521. The molecule has 0 spiro atoms. The van der Waals surface area contributed by atoms with Crippen molar-refractivity contribution in [2.45, 2.75) is 26.9 Å². The van der Waals surface area contributed by atoms with E-state index in [9.17, 15) is 0 Å². The molecule has 24 heavy (non-hydrogen) atoms. The molecule has 122 valence electrons. The normalized spacial score (nSPS) is 10.4. The van der Waals surface area contributed by atoms with Crippen LogP contribution in [-0.2, 0) is 13.1 Å². The van der Waals surface area contributed by atoms with E-state index >= 15 is 0 Å². The summed E-state index contributed by atoms with van der Waals surface area (Å²) in [6.07, 6.45) is 1.64. The predicted molar refractivity (Wildman–Crippen MR) is 96.8 cm³/mol. The fourth-order valence-corrected chi connectivity index (χ4v) is 2.44. The molecule has 0 aliphatic heterocycles. The lowest BCUT2D eigenvalue weighted by Gasteiger charge is -2.10. The van der Waals surface area contributed by atoms with Crippen LogP contribution in [0.1, 0.15) is 22.3 Å². The SMILES string of the molecule is Cc1ccccc1CNc1cnnc(NCc2ccccc2C)n1. The third-order valence-corrected chi connectivity index (χ3v) is 3.98. The van der Waals surface area contributed by atoms with E-state index in [2.05, 4.69) is 63.9 Å². The Labute approximate surface area is 142 Å². The Kier molecular flexibility index (Phi) is 5.01. The highest BCUT2D eigenvalue weighted by Crippen LogP contribution is 2.12. The number of rotatable bonds is 6. The third kappa shape index (κ3) is 4.07. The van der Waals surface area contributed by atoms with Gasteiger partial charge in [-0.25, -0.2) is 0 Å². The van der Waals surface area contributed by atoms with Gasteiger partial charge in [0.1, 0.15) is 0 Å². The maximum atomic E-state index is 4.47. The van der Waals surface area contributed by atoms with Crippen molar-refractivity contribution in [3.05, 3.63) is 77.0 Å². The second kappa shape index (κ2) is 7.55. The second-order valence-corrected chi connectivity index (χ2v) is 5.73. The fraction of sp³-hybridized carbons (Fsp3) is 0.211. The molecule has 5 heteroatoms. The lowest BCUT2D eigenvalue weighted by atomic mass is 10.1. The molecule has 0 unspecified atom stereocenters. The number of hydrogen-bond acceptors (Lipinski definition) is 5. The summed E-state index contributed by atoms with van der Waals surface area (Å²) in [7, 11) is 0. The first-order valence-corrected chi connectivity index (χ1v) is 7.99. The Hall–Kier alpha value is -2.95. The quantitative estimate of drug-likeness (QED) is 0.725. The summed E-state index contributed by atoms with van der Waals surface area (Å²) >= 11 is 0. The van der Waals surface area contributed by atoms with Gasteiger partial charge in [0, 0.05) is 13.1 Å². The van der Waals surface area contributed by atoms with Crippen LogP contribution in [0.3, 0.4) is 0 Å². The van der Waals surface area contributed by atoms with Crippen molar-refractivity contribution in [1.82, 2.24) is 15.2 Å². The maximum Gasteiger partial charge on any atom is 0.244 e. The van der Waals surface area contributed by atoms with Gasteiger partial charge in [0.05, 0.1) is 6.20 Å². The first kappa shape index (κ1) is 15.9. The smallest absolute Gasteiger partial charge is 0.244 e. The average molecular weight is 319 g/mol. The Morgan fingerprint density at radius 1 is 0.792 bits per heavy atom. The van der Waals surface area contributed by atoms with Gasteiger partial charge in [0.2, 0.25) is 5.95 Å². The van der Waals surface area contributed by atoms with E-state index in [4.69, 9.17) is 0 Å². The molecule has 2 aromatic carbocycles. The zero-order chi connectivity index (χ0) is 16.8. The number of hydrogen-bond donors (Lipinski definition) is 2. The molecule has 0 fully saturated rings. The number of nitrogens with zero attached hydrogens (tertiary/aromatic N) is 3. The zero-order valence-electron chi connectivity index (χ0n) is 14.0. The van der Waals surface area contributed by atoms with Crippen molar-refractivity contribution in [2.24, 2.45) is 0 Å². The molecule has 1 heterocycles. The van der Waals surface area contributed by atoms with Crippen LogP contribution in [-0.4, -0.2) is 15.2 Å². The number of aryl methyl sites for hydroxylation is 2. The molecular formula is C19H21N5. The van der Waals surface area contributed by atoms with E-state index in [1.807, 2.05) is 24.3 Å². The van der Waals surface area contributed by atoms with Gasteiger partial charge in [0.15, 0.2) is 5.82 Å². The molecule has 0 atom stereocenters. The van der Waals surface area contributed by atoms with Crippen LogP contribution in [0.15, 0.2) is 54.7 Å². The van der Waals surface area contributed by atoms with Gasteiger partial charge in [0.25, 0.3) is 0 Å². The van der Waals surface area contributed by atoms with E-state index in [1.165, 1.54) is 22.3 Å². The molecule has 0 aliphatic carbocycles. The van der Waals surface area contributed by atoms with Crippen LogP contribution in [0.25, 0.3) is 0 Å². The first-order chi connectivity index (χ1) is 11.7. The zero-order valence-corrected chi connectivity index (χ0v) is 14.0. The van der Waals surface area contributed by atoms with E-state index < -0.39 is 0 Å². The topological polar surface area (TPSA) is 62.7 Å². The highest BCUT2D eigenvalue weighted by atomic mass is 15.3. The van der Waals surface area contributed by atoms with E-state index in [1.54, 1.807) is 6.20 Å². The maximum absolute atomic E-state index is 4.47. The van der Waals surface area contributed by atoms with E-state index in [0.29, 0.717) is 24.9 Å². The van der Waals surface area contributed by atoms with Gasteiger partial charge >= 0.3 is 0 Å². The predicted octanol–water partition coefficient (Wildman–Crippen LogP) is 3.71. The minimum Gasteiger partial charge on any atom is -0.365 e. The average Bonchev–Trinajstić information content (AvgIpc) is 2.61. The van der Waals surface area contributed by atoms with Crippen molar-refractivity contribution in [3.8, 4) is 0 Å². The number of nitrogens with one attached hydrogen (secondary N) is 2. The first-order valence-electron chi connectivity index (χ1n) is 7.99. The summed E-state index contributed by atoms with van der Waals surface area (Å²) in [5.74, 6) is 1.23. The summed E-state index contributed by atoms with van der Waals surface area (Å²) in [5.41, 5.74) is 4.96. The Balaban J connectivity index is 1.62. The van der Waals surface area contributed by atoms with E-state index in [0.717, 1.165) is 0 Å². The van der Waals surface area contributed by atoms with Crippen LogP contribution in [0.2, 0.25) is 0 Å². The molecule has 0 amide bonds. The van der Waals surface area contributed by atoms with E-state index in [-0.39, 0.29) is 0 Å². The standard InChI is InChI=1S/C19H21N5/c1-14-7-3-5-9-16(14)11-20-18-13-22-24-19(23-18)21-12-17-10-6-4-8-15(17)2/h3-10,13H,11-12H2,1-2H3,(H2,20,21,23,24). The van der Waals surface area contributed by atoms with Gasteiger partial charge in [-0.3, -0.25) is 0 Å². The summed E-state index contributed by atoms with van der Waals surface area (Å²) in [4.78, 5) is 4.47. The van der Waals surface area contributed by atoms with Crippen LogP contribution in [0.5, 0.6) is 0 Å². The molecule has 0 saturated carbocycles. The molecular weight excluding hydrogens is 298 g/mol. The van der Waals surface area contributed by atoms with Crippen molar-refractivity contribution in [2.75, 3.05) is 10.6 Å². The van der Waals surface area contributed by atoms with Crippen LogP contribution in [0.4, 0.5) is 11.8 Å². The Morgan fingerprint density at radius 3 is 2.00 bits per heavy atom. The summed E-state index contributed by atoms with van der Waals surface area (Å²) < 4.78 is 0. The van der Waals surface area contributed by atoms with Crippen LogP contribution < -0.4 is 10.6 Å². The molecule has 1 aromatic heterocycles. The fourth-order valence-electron chi connectivity index (χ4n) is 2.44. The Morgan fingerprint density at radius 2 is 1.38 bits per heavy atom. The lowest BCUT2D eigenvalue weighted by Crippen LogP contribution is -2.09. The number of aromatic nitrogens is 3. The second-order valence-electron chi connectivity index (χ2n) is 5.73. The monoisotopic (exact) mass is 319 g/mol. The summed E-state index contributed by atoms with van der Waals surface area (Å²) in [6.45, 7) is 5.58. The minimum absolute atomic E-state index is 0.521. The van der Waals surface area contributed by atoms with Gasteiger partial charge in [-0.2, -0.15) is 10.1 Å². The summed E-state index contributed by atoms with van der Waals surface area (Å²) in [5, 5.41) is 14.6. The molecule has 3 rings (SSSR count). The van der Waals surface area contributed by atoms with Crippen molar-refractivity contribution in [3.63, 3.8) is 0 Å². The van der Waals surface area contributed by atoms with Gasteiger partial charge in [-0.05, 0) is 36.1 Å². The Bertz CT molecular complexity index is 751. The number of benzene rings is 2. The van der Waals surface area contributed by atoms with Crippen molar-refractivity contribution in [1.29, 1.82) is 0 Å².